The summed E-state index contributed by atoms with van der Waals surface area (Å²) >= 11 is 5.55. The molecule has 1 heterocycles. The summed E-state index contributed by atoms with van der Waals surface area (Å²) in [4.78, 5) is 1.63. The summed E-state index contributed by atoms with van der Waals surface area (Å²) in [5.41, 5.74) is 4.84. The molecule has 1 atom stereocenters. The summed E-state index contributed by atoms with van der Waals surface area (Å²) in [6, 6.07) is 15.2. The second kappa shape index (κ2) is 9.20. The van der Waals surface area contributed by atoms with Gasteiger partial charge < -0.3 is 20.3 Å². The first-order chi connectivity index (χ1) is 13.0. The highest BCUT2D eigenvalue weighted by molar-refractivity contribution is 7.80. The average molecular weight is 385 g/mol. The average Bonchev–Trinajstić information content (AvgIpc) is 3.16. The van der Waals surface area contributed by atoms with Gasteiger partial charge in [-0.1, -0.05) is 6.07 Å². The van der Waals surface area contributed by atoms with Crippen LogP contribution in [0.15, 0.2) is 42.5 Å². The number of nitrogens with one attached hydrogen (secondary N) is 3. The second-order valence-corrected chi connectivity index (χ2v) is 7.81. The molecule has 0 amide bonds. The van der Waals surface area contributed by atoms with Crippen LogP contribution in [0.4, 0.5) is 5.69 Å². The molecule has 0 spiro atoms. The molecular formula is C22H30N3OS+. The van der Waals surface area contributed by atoms with Gasteiger partial charge in [0.25, 0.3) is 0 Å². The number of hydrogen-bond acceptors (Lipinski definition) is 2. The summed E-state index contributed by atoms with van der Waals surface area (Å²) in [5.74, 6) is 0.897. The molecule has 3 N–H and O–H groups in total. The van der Waals surface area contributed by atoms with Crippen molar-refractivity contribution >= 4 is 23.0 Å². The maximum Gasteiger partial charge on any atom is 0.171 e. The quantitative estimate of drug-likeness (QED) is 0.670. The van der Waals surface area contributed by atoms with E-state index in [1.165, 1.54) is 42.6 Å². The van der Waals surface area contributed by atoms with Crippen molar-refractivity contribution in [1.82, 2.24) is 5.32 Å². The topological polar surface area (TPSA) is 37.7 Å². The Hall–Kier alpha value is -2.11. The molecule has 3 rings (SSSR count). The lowest BCUT2D eigenvalue weighted by atomic mass is 10.1. The second-order valence-electron chi connectivity index (χ2n) is 7.40. The van der Waals surface area contributed by atoms with Crippen LogP contribution in [0.5, 0.6) is 5.75 Å². The van der Waals surface area contributed by atoms with E-state index in [1.54, 1.807) is 12.0 Å². The minimum Gasteiger partial charge on any atom is -0.497 e. The molecule has 0 saturated carbocycles. The van der Waals surface area contributed by atoms with E-state index in [0.717, 1.165) is 18.0 Å². The van der Waals surface area contributed by atoms with Crippen molar-refractivity contribution in [3.63, 3.8) is 0 Å². The van der Waals surface area contributed by atoms with E-state index in [2.05, 4.69) is 54.8 Å². The van der Waals surface area contributed by atoms with Crippen molar-refractivity contribution in [3.05, 3.63) is 59.2 Å². The van der Waals surface area contributed by atoms with E-state index < -0.39 is 0 Å². The number of rotatable bonds is 6. The van der Waals surface area contributed by atoms with Crippen molar-refractivity contribution < 1.29 is 9.64 Å². The van der Waals surface area contributed by atoms with Gasteiger partial charge in [0.1, 0.15) is 11.8 Å². The molecule has 0 aliphatic carbocycles. The van der Waals surface area contributed by atoms with Crippen molar-refractivity contribution in [2.24, 2.45) is 0 Å². The zero-order chi connectivity index (χ0) is 19.2. The number of thiocarbonyl (C=S) groups is 1. The lowest BCUT2D eigenvalue weighted by molar-refractivity contribution is -0.918. The molecule has 1 fully saturated rings. The molecule has 4 nitrogen and oxygen atoms in total. The third-order valence-corrected chi connectivity index (χ3v) is 5.45. The van der Waals surface area contributed by atoms with Crippen molar-refractivity contribution in [2.75, 3.05) is 32.1 Å². The lowest BCUT2D eigenvalue weighted by Crippen LogP contribution is -3.11. The Morgan fingerprint density at radius 1 is 1.07 bits per heavy atom. The normalized spacial score (nSPS) is 15.4. The fourth-order valence-electron chi connectivity index (χ4n) is 3.93. The third kappa shape index (κ3) is 5.44. The number of anilines is 1. The number of methoxy groups -OCH3 is 1. The van der Waals surface area contributed by atoms with Gasteiger partial charge in [-0.15, -0.1) is 0 Å². The van der Waals surface area contributed by atoms with Crippen LogP contribution in [-0.4, -0.2) is 31.9 Å². The van der Waals surface area contributed by atoms with Crippen molar-refractivity contribution in [3.8, 4) is 5.75 Å². The molecule has 0 radical (unpaired) electrons. The Morgan fingerprint density at radius 3 is 2.30 bits per heavy atom. The van der Waals surface area contributed by atoms with E-state index in [9.17, 15) is 0 Å². The lowest BCUT2D eigenvalue weighted by Gasteiger charge is -2.26. The summed E-state index contributed by atoms with van der Waals surface area (Å²) in [5, 5.41) is 7.45. The van der Waals surface area contributed by atoms with Crippen LogP contribution in [0.3, 0.4) is 0 Å². The maximum absolute atomic E-state index is 5.55. The van der Waals surface area contributed by atoms with Gasteiger partial charge in [0, 0.05) is 24.1 Å². The number of likely N-dealkylation sites (tertiary alicyclic amines) is 1. The molecular weight excluding hydrogens is 354 g/mol. The Bertz CT molecular complexity index is 749. The SMILES string of the molecule is COc1ccc([C@H](CNC(=S)Nc2cc(C)cc(C)c2)[NH+]2CCCC2)cc1. The highest BCUT2D eigenvalue weighted by atomic mass is 32.1. The van der Waals surface area contributed by atoms with Crippen molar-refractivity contribution in [2.45, 2.75) is 32.7 Å². The zero-order valence-corrected chi connectivity index (χ0v) is 17.3. The predicted octanol–water partition coefficient (Wildman–Crippen LogP) is 3.02. The van der Waals surface area contributed by atoms with E-state index in [1.807, 2.05) is 12.1 Å². The number of benzene rings is 2. The molecule has 27 heavy (non-hydrogen) atoms. The first kappa shape index (κ1) is 19.6. The van der Waals surface area contributed by atoms with Gasteiger partial charge in [0.05, 0.1) is 26.7 Å². The van der Waals surface area contributed by atoms with Gasteiger partial charge >= 0.3 is 0 Å². The number of hydrogen-bond donors (Lipinski definition) is 3. The zero-order valence-electron chi connectivity index (χ0n) is 16.5. The van der Waals surface area contributed by atoms with E-state index in [0.29, 0.717) is 11.2 Å². The van der Waals surface area contributed by atoms with Gasteiger partial charge in [0.2, 0.25) is 0 Å². The Kier molecular flexibility index (Phi) is 6.69. The monoisotopic (exact) mass is 384 g/mol. The molecule has 0 bridgehead atoms. The Morgan fingerprint density at radius 2 is 1.70 bits per heavy atom. The van der Waals surface area contributed by atoms with Crippen LogP contribution >= 0.6 is 12.2 Å². The van der Waals surface area contributed by atoms with E-state index in [-0.39, 0.29) is 0 Å². The molecule has 1 saturated heterocycles. The van der Waals surface area contributed by atoms with Crippen LogP contribution in [0.2, 0.25) is 0 Å². The Labute approximate surface area is 167 Å². The van der Waals surface area contributed by atoms with Gasteiger partial charge in [-0.05, 0) is 73.6 Å². The summed E-state index contributed by atoms with van der Waals surface area (Å²) in [6.07, 6.45) is 2.60. The van der Waals surface area contributed by atoms with Gasteiger partial charge in [-0.3, -0.25) is 0 Å². The molecule has 1 aliphatic rings. The molecule has 144 valence electrons. The maximum atomic E-state index is 5.55. The highest BCUT2D eigenvalue weighted by Crippen LogP contribution is 2.17. The number of aryl methyl sites for hydroxylation is 2. The fourth-order valence-corrected chi connectivity index (χ4v) is 4.13. The molecule has 0 unspecified atom stereocenters. The predicted molar refractivity (Wildman–Crippen MR) is 116 cm³/mol. The molecule has 1 aliphatic heterocycles. The van der Waals surface area contributed by atoms with Gasteiger partial charge in [-0.25, -0.2) is 0 Å². The number of ether oxygens (including phenoxy) is 1. The van der Waals surface area contributed by atoms with Crippen LogP contribution in [0.1, 0.15) is 35.6 Å². The summed E-state index contributed by atoms with van der Waals surface area (Å²) < 4.78 is 5.31. The third-order valence-electron chi connectivity index (χ3n) is 5.20. The van der Waals surface area contributed by atoms with Gasteiger partial charge in [0.15, 0.2) is 5.11 Å². The molecule has 5 heteroatoms. The van der Waals surface area contributed by atoms with Crippen LogP contribution in [0.25, 0.3) is 0 Å². The van der Waals surface area contributed by atoms with Crippen LogP contribution in [0, 0.1) is 13.8 Å². The molecule has 2 aromatic rings. The summed E-state index contributed by atoms with van der Waals surface area (Å²) in [7, 11) is 1.71. The molecule has 0 aromatic heterocycles. The van der Waals surface area contributed by atoms with E-state index in [4.69, 9.17) is 17.0 Å². The first-order valence-electron chi connectivity index (χ1n) is 9.67. The number of quaternary nitrogens is 1. The minimum atomic E-state index is 0.386. The highest BCUT2D eigenvalue weighted by Gasteiger charge is 2.27. The van der Waals surface area contributed by atoms with E-state index >= 15 is 0 Å². The van der Waals surface area contributed by atoms with Crippen LogP contribution in [-0.2, 0) is 0 Å². The first-order valence-corrected chi connectivity index (χ1v) is 10.1. The summed E-state index contributed by atoms with van der Waals surface area (Å²) in [6.45, 7) is 7.46. The van der Waals surface area contributed by atoms with Crippen molar-refractivity contribution in [1.29, 1.82) is 0 Å². The largest absolute Gasteiger partial charge is 0.497 e. The fraction of sp³-hybridized carbons (Fsp3) is 0.409. The Balaban J connectivity index is 1.65. The standard InChI is InChI=1S/C22H29N3OS/c1-16-12-17(2)14-19(13-16)24-22(27)23-15-21(25-10-4-5-11-25)18-6-8-20(26-3)9-7-18/h6-9,12-14,21H,4-5,10-11,15H2,1-3H3,(H2,23,24,27)/p+1/t21-/m0/s1. The molecule has 2 aromatic carbocycles. The smallest absolute Gasteiger partial charge is 0.171 e. The van der Waals surface area contributed by atoms with Gasteiger partial charge in [-0.2, -0.15) is 0 Å². The minimum absolute atomic E-state index is 0.386. The van der Waals surface area contributed by atoms with Crippen LogP contribution < -0.4 is 20.3 Å².